The minimum Gasteiger partial charge on any atom is -0.366 e. The lowest BCUT2D eigenvalue weighted by Crippen LogP contribution is -2.14. The summed E-state index contributed by atoms with van der Waals surface area (Å²) in [7, 11) is 0. The number of amides is 2. The van der Waals surface area contributed by atoms with Crippen LogP contribution in [-0.2, 0) is 0 Å². The molecular weight excluding hydrogens is 421 g/mol. The minimum atomic E-state index is -0.560. The standard InChI is InChI=1S/C25H22FN5O2/c1-14-9-10-17(12-21(14)26)25(33)31-18-6-3-5-16(11-18)15(2)30-24-20-8-4-7-19(23(27)32)22(20)28-13-29-24/h3-13,15H,1-2H3,(H2,27,32)(H,31,33)(H,28,29,30). The molecule has 2 amide bonds. The molecule has 1 aromatic heterocycles. The van der Waals surface area contributed by atoms with E-state index in [9.17, 15) is 14.0 Å². The van der Waals surface area contributed by atoms with Crippen molar-refractivity contribution in [3.8, 4) is 0 Å². The summed E-state index contributed by atoms with van der Waals surface area (Å²) >= 11 is 0. The third-order valence-corrected chi connectivity index (χ3v) is 5.36. The van der Waals surface area contributed by atoms with Crippen LogP contribution in [0.4, 0.5) is 15.9 Å². The summed E-state index contributed by atoms with van der Waals surface area (Å²) < 4.78 is 13.8. The molecule has 166 valence electrons. The number of anilines is 2. The molecule has 0 aliphatic carbocycles. The van der Waals surface area contributed by atoms with E-state index in [1.54, 1.807) is 37.3 Å². The van der Waals surface area contributed by atoms with Gasteiger partial charge in [0.15, 0.2) is 0 Å². The van der Waals surface area contributed by atoms with Crippen LogP contribution in [0, 0.1) is 12.7 Å². The van der Waals surface area contributed by atoms with Crippen LogP contribution < -0.4 is 16.4 Å². The van der Waals surface area contributed by atoms with Gasteiger partial charge in [0.05, 0.1) is 17.1 Å². The van der Waals surface area contributed by atoms with Crippen molar-refractivity contribution in [1.82, 2.24) is 9.97 Å². The first-order chi connectivity index (χ1) is 15.8. The van der Waals surface area contributed by atoms with Gasteiger partial charge in [0.25, 0.3) is 11.8 Å². The van der Waals surface area contributed by atoms with Crippen molar-refractivity contribution in [3.05, 3.63) is 95.1 Å². The molecule has 0 spiro atoms. The number of carbonyl (C=O) groups excluding carboxylic acids is 2. The van der Waals surface area contributed by atoms with E-state index in [4.69, 9.17) is 5.73 Å². The second kappa shape index (κ2) is 9.04. The molecular formula is C25H22FN5O2. The normalized spacial score (nSPS) is 11.7. The van der Waals surface area contributed by atoms with Crippen LogP contribution in [0.25, 0.3) is 10.9 Å². The highest BCUT2D eigenvalue weighted by Gasteiger charge is 2.14. The molecule has 0 fully saturated rings. The Balaban J connectivity index is 1.55. The van der Waals surface area contributed by atoms with E-state index in [1.807, 2.05) is 31.2 Å². The van der Waals surface area contributed by atoms with E-state index in [0.717, 1.165) is 5.56 Å². The van der Waals surface area contributed by atoms with Crippen LogP contribution in [0.15, 0.2) is 67.0 Å². The van der Waals surface area contributed by atoms with E-state index >= 15 is 0 Å². The highest BCUT2D eigenvalue weighted by molar-refractivity contribution is 6.07. The first-order valence-corrected chi connectivity index (χ1v) is 10.3. The average molecular weight is 443 g/mol. The second-order valence-electron chi connectivity index (χ2n) is 7.70. The van der Waals surface area contributed by atoms with Crippen molar-refractivity contribution >= 4 is 34.2 Å². The van der Waals surface area contributed by atoms with Crippen molar-refractivity contribution in [2.45, 2.75) is 19.9 Å². The smallest absolute Gasteiger partial charge is 0.255 e. The molecule has 4 N–H and O–H groups in total. The fourth-order valence-corrected chi connectivity index (χ4v) is 3.51. The summed E-state index contributed by atoms with van der Waals surface area (Å²) in [5.41, 5.74) is 8.45. The Morgan fingerprint density at radius 3 is 2.58 bits per heavy atom. The van der Waals surface area contributed by atoms with Crippen LogP contribution >= 0.6 is 0 Å². The molecule has 4 rings (SSSR count). The van der Waals surface area contributed by atoms with E-state index in [0.29, 0.717) is 33.5 Å². The van der Waals surface area contributed by atoms with Crippen LogP contribution in [-0.4, -0.2) is 21.8 Å². The number of nitrogens with two attached hydrogens (primary N) is 1. The second-order valence-corrected chi connectivity index (χ2v) is 7.70. The van der Waals surface area contributed by atoms with Crippen molar-refractivity contribution < 1.29 is 14.0 Å². The van der Waals surface area contributed by atoms with Crippen molar-refractivity contribution in [2.75, 3.05) is 10.6 Å². The minimum absolute atomic E-state index is 0.186. The molecule has 0 bridgehead atoms. The third kappa shape index (κ3) is 4.64. The zero-order chi connectivity index (χ0) is 23.5. The van der Waals surface area contributed by atoms with Gasteiger partial charge in [-0.05, 0) is 61.4 Å². The summed E-state index contributed by atoms with van der Waals surface area (Å²) in [6.07, 6.45) is 1.38. The molecule has 7 nitrogen and oxygen atoms in total. The number of nitrogens with one attached hydrogen (secondary N) is 2. The fraction of sp³-hybridized carbons (Fsp3) is 0.120. The van der Waals surface area contributed by atoms with Crippen molar-refractivity contribution in [1.29, 1.82) is 0 Å². The average Bonchev–Trinajstić information content (AvgIpc) is 2.80. The van der Waals surface area contributed by atoms with Gasteiger partial charge < -0.3 is 16.4 Å². The molecule has 0 radical (unpaired) electrons. The quantitative estimate of drug-likeness (QED) is 0.403. The molecule has 0 saturated carbocycles. The third-order valence-electron chi connectivity index (χ3n) is 5.36. The predicted molar refractivity (Wildman–Crippen MR) is 126 cm³/mol. The lowest BCUT2D eigenvalue weighted by atomic mass is 10.1. The van der Waals surface area contributed by atoms with Gasteiger partial charge in [0.2, 0.25) is 0 Å². The van der Waals surface area contributed by atoms with E-state index in [-0.39, 0.29) is 11.6 Å². The summed E-state index contributed by atoms with van der Waals surface area (Å²) in [5.74, 6) is -0.825. The molecule has 0 aliphatic rings. The van der Waals surface area contributed by atoms with E-state index in [1.165, 1.54) is 12.4 Å². The molecule has 8 heteroatoms. The van der Waals surface area contributed by atoms with Crippen molar-refractivity contribution in [3.63, 3.8) is 0 Å². The number of aryl methyl sites for hydroxylation is 1. The lowest BCUT2D eigenvalue weighted by molar-refractivity contribution is 0.0998. The van der Waals surface area contributed by atoms with Gasteiger partial charge in [0, 0.05) is 16.6 Å². The van der Waals surface area contributed by atoms with E-state index < -0.39 is 17.6 Å². The maximum Gasteiger partial charge on any atom is 0.255 e. The monoisotopic (exact) mass is 443 g/mol. The van der Waals surface area contributed by atoms with Crippen LogP contribution in [0.5, 0.6) is 0 Å². The number of hydrogen-bond acceptors (Lipinski definition) is 5. The predicted octanol–water partition coefficient (Wildman–Crippen LogP) is 4.60. The first kappa shape index (κ1) is 21.9. The Labute approximate surface area is 189 Å². The van der Waals surface area contributed by atoms with Gasteiger partial charge in [0.1, 0.15) is 18.0 Å². The van der Waals surface area contributed by atoms with Gasteiger partial charge in [-0.1, -0.05) is 24.3 Å². The summed E-state index contributed by atoms with van der Waals surface area (Å²) in [5, 5.41) is 6.80. The van der Waals surface area contributed by atoms with Gasteiger partial charge >= 0.3 is 0 Å². The highest BCUT2D eigenvalue weighted by atomic mass is 19.1. The molecule has 4 aromatic rings. The van der Waals surface area contributed by atoms with Crippen LogP contribution in [0.1, 0.15) is 44.8 Å². The molecule has 33 heavy (non-hydrogen) atoms. The fourth-order valence-electron chi connectivity index (χ4n) is 3.51. The Morgan fingerprint density at radius 1 is 1.03 bits per heavy atom. The van der Waals surface area contributed by atoms with Crippen molar-refractivity contribution in [2.24, 2.45) is 5.73 Å². The van der Waals surface area contributed by atoms with Gasteiger partial charge in [-0.25, -0.2) is 14.4 Å². The lowest BCUT2D eigenvalue weighted by Gasteiger charge is -2.17. The molecule has 0 aliphatic heterocycles. The Bertz CT molecular complexity index is 1370. The Hall–Kier alpha value is -4.33. The topological polar surface area (TPSA) is 110 Å². The first-order valence-electron chi connectivity index (χ1n) is 10.3. The summed E-state index contributed by atoms with van der Waals surface area (Å²) in [6.45, 7) is 3.59. The number of primary amides is 1. The zero-order valence-corrected chi connectivity index (χ0v) is 18.1. The number of fused-ring (bicyclic) bond motifs is 1. The molecule has 1 atom stereocenters. The maximum atomic E-state index is 13.8. The molecule has 1 unspecified atom stereocenters. The van der Waals surface area contributed by atoms with Crippen LogP contribution in [0.3, 0.4) is 0 Å². The van der Waals surface area contributed by atoms with Gasteiger partial charge in [-0.2, -0.15) is 0 Å². The van der Waals surface area contributed by atoms with Gasteiger partial charge in [-0.3, -0.25) is 9.59 Å². The number of nitrogens with zero attached hydrogens (tertiary/aromatic N) is 2. The SMILES string of the molecule is Cc1ccc(C(=O)Nc2cccc(C(C)Nc3ncnc4c(C(N)=O)cccc34)c2)cc1F. The highest BCUT2D eigenvalue weighted by Crippen LogP contribution is 2.27. The van der Waals surface area contributed by atoms with Crippen LogP contribution in [0.2, 0.25) is 0 Å². The number of carbonyl (C=O) groups is 2. The number of rotatable bonds is 6. The van der Waals surface area contributed by atoms with E-state index in [2.05, 4.69) is 20.6 Å². The Kier molecular flexibility index (Phi) is 5.99. The molecule has 0 saturated heterocycles. The number of halogens is 1. The zero-order valence-electron chi connectivity index (χ0n) is 18.1. The number of hydrogen-bond donors (Lipinski definition) is 3. The number of benzene rings is 3. The maximum absolute atomic E-state index is 13.8. The number of aromatic nitrogens is 2. The molecule has 3 aromatic carbocycles. The number of para-hydroxylation sites is 1. The summed E-state index contributed by atoms with van der Waals surface area (Å²) in [4.78, 5) is 32.8. The van der Waals surface area contributed by atoms with Gasteiger partial charge in [-0.15, -0.1) is 0 Å². The molecule has 1 heterocycles. The Morgan fingerprint density at radius 2 is 1.82 bits per heavy atom. The largest absolute Gasteiger partial charge is 0.366 e. The summed E-state index contributed by atoms with van der Waals surface area (Å²) in [6, 6.07) is 16.7.